The minimum Gasteiger partial charge on any atom is -0.497 e. The van der Waals surface area contributed by atoms with Crippen LogP contribution in [0.25, 0.3) is 11.2 Å². The molecule has 0 radical (unpaired) electrons. The van der Waals surface area contributed by atoms with Gasteiger partial charge in [0.15, 0.2) is 11.2 Å². The van der Waals surface area contributed by atoms with Crippen LogP contribution < -0.4 is 16.0 Å². The maximum Gasteiger partial charge on any atom is 0.332 e. The standard InChI is InChI=1S/C21H25N5O4/c1-23-19-18(20(28)24(2)21(23)29)25(13-22-19)12-10-17(27)26-11-4-5-16(26)14-6-8-15(30-3)9-7-14/h6-9,13,16H,4-5,10-12H2,1-3H3. The molecule has 9 nitrogen and oxygen atoms in total. The second-order valence-electron chi connectivity index (χ2n) is 7.58. The molecule has 9 heteroatoms. The average Bonchev–Trinajstić information content (AvgIpc) is 3.42. The number of ether oxygens (including phenoxy) is 1. The van der Waals surface area contributed by atoms with Crippen molar-refractivity contribution in [2.45, 2.75) is 31.8 Å². The fourth-order valence-electron chi connectivity index (χ4n) is 4.16. The van der Waals surface area contributed by atoms with E-state index in [1.54, 1.807) is 18.7 Å². The van der Waals surface area contributed by atoms with Gasteiger partial charge in [0, 0.05) is 33.6 Å². The van der Waals surface area contributed by atoms with Gasteiger partial charge in [-0.3, -0.25) is 18.7 Å². The molecule has 2 aromatic heterocycles. The van der Waals surface area contributed by atoms with Crippen LogP contribution in [-0.2, 0) is 25.4 Å². The molecule has 1 atom stereocenters. The van der Waals surface area contributed by atoms with Crippen LogP contribution >= 0.6 is 0 Å². The van der Waals surface area contributed by atoms with Crippen LogP contribution in [0.2, 0.25) is 0 Å². The molecular formula is C21H25N5O4. The Labute approximate surface area is 173 Å². The lowest BCUT2D eigenvalue weighted by atomic mass is 10.0. The van der Waals surface area contributed by atoms with Crippen LogP contribution in [0.5, 0.6) is 5.75 Å². The Bertz CT molecular complexity index is 1210. The quantitative estimate of drug-likeness (QED) is 0.629. The van der Waals surface area contributed by atoms with Gasteiger partial charge in [-0.25, -0.2) is 9.78 Å². The molecule has 1 saturated heterocycles. The van der Waals surface area contributed by atoms with Gasteiger partial charge in [-0.05, 0) is 30.5 Å². The first-order valence-corrected chi connectivity index (χ1v) is 9.96. The van der Waals surface area contributed by atoms with Crippen LogP contribution in [0.4, 0.5) is 0 Å². The highest BCUT2D eigenvalue weighted by Gasteiger charge is 2.29. The van der Waals surface area contributed by atoms with Crippen molar-refractivity contribution in [1.29, 1.82) is 0 Å². The van der Waals surface area contributed by atoms with Gasteiger partial charge >= 0.3 is 5.69 Å². The zero-order valence-corrected chi connectivity index (χ0v) is 17.4. The van der Waals surface area contributed by atoms with E-state index in [9.17, 15) is 14.4 Å². The monoisotopic (exact) mass is 411 g/mol. The minimum atomic E-state index is -0.423. The summed E-state index contributed by atoms with van der Waals surface area (Å²) < 4.78 is 9.28. The van der Waals surface area contributed by atoms with Crippen LogP contribution in [0.3, 0.4) is 0 Å². The largest absolute Gasteiger partial charge is 0.497 e. The van der Waals surface area contributed by atoms with Gasteiger partial charge in [0.1, 0.15) is 5.75 Å². The smallest absolute Gasteiger partial charge is 0.332 e. The summed E-state index contributed by atoms with van der Waals surface area (Å²) >= 11 is 0. The molecule has 30 heavy (non-hydrogen) atoms. The molecule has 1 amide bonds. The third kappa shape index (κ3) is 3.30. The summed E-state index contributed by atoms with van der Waals surface area (Å²) in [5.41, 5.74) is 0.926. The number of hydrogen-bond donors (Lipinski definition) is 0. The summed E-state index contributed by atoms with van der Waals surface area (Å²) in [4.78, 5) is 43.7. The molecule has 0 saturated carbocycles. The number of aromatic nitrogens is 4. The van der Waals surface area contributed by atoms with E-state index >= 15 is 0 Å². The van der Waals surface area contributed by atoms with Gasteiger partial charge in [-0.1, -0.05) is 12.1 Å². The van der Waals surface area contributed by atoms with Crippen LogP contribution in [0, 0.1) is 0 Å². The molecular weight excluding hydrogens is 386 g/mol. The fraction of sp³-hybridized carbons (Fsp3) is 0.429. The predicted octanol–water partition coefficient (Wildman–Crippen LogP) is 1.20. The van der Waals surface area contributed by atoms with E-state index in [1.807, 2.05) is 29.2 Å². The van der Waals surface area contributed by atoms with E-state index in [1.165, 1.54) is 17.9 Å². The summed E-state index contributed by atoms with van der Waals surface area (Å²) in [6.07, 6.45) is 3.65. The van der Waals surface area contributed by atoms with E-state index in [0.717, 1.165) is 35.3 Å². The lowest BCUT2D eigenvalue weighted by Gasteiger charge is -2.25. The normalized spacial score (nSPS) is 16.4. The number of carbonyl (C=O) groups is 1. The van der Waals surface area contributed by atoms with Crippen molar-refractivity contribution < 1.29 is 9.53 Å². The molecule has 0 aliphatic carbocycles. The number of fused-ring (bicyclic) bond motifs is 1. The molecule has 1 aromatic carbocycles. The Hall–Kier alpha value is -3.36. The van der Waals surface area contributed by atoms with E-state index in [4.69, 9.17) is 4.74 Å². The van der Waals surface area contributed by atoms with Gasteiger partial charge in [0.25, 0.3) is 5.56 Å². The zero-order valence-electron chi connectivity index (χ0n) is 17.4. The fourth-order valence-corrected chi connectivity index (χ4v) is 4.16. The third-order valence-corrected chi connectivity index (χ3v) is 5.86. The lowest BCUT2D eigenvalue weighted by molar-refractivity contribution is -0.132. The van der Waals surface area contributed by atoms with Crippen molar-refractivity contribution in [2.75, 3.05) is 13.7 Å². The van der Waals surface area contributed by atoms with Crippen molar-refractivity contribution in [2.24, 2.45) is 14.1 Å². The number of benzene rings is 1. The van der Waals surface area contributed by atoms with E-state index < -0.39 is 11.2 Å². The Balaban J connectivity index is 1.53. The number of carbonyl (C=O) groups excluding carboxylic acids is 1. The average molecular weight is 411 g/mol. The molecule has 0 bridgehead atoms. The third-order valence-electron chi connectivity index (χ3n) is 5.86. The summed E-state index contributed by atoms with van der Waals surface area (Å²) in [6, 6.07) is 7.88. The van der Waals surface area contributed by atoms with Crippen molar-refractivity contribution in [1.82, 2.24) is 23.6 Å². The molecule has 1 aliphatic heterocycles. The number of methoxy groups -OCH3 is 1. The van der Waals surface area contributed by atoms with Crippen molar-refractivity contribution in [3.8, 4) is 5.75 Å². The number of nitrogens with zero attached hydrogens (tertiary/aromatic N) is 5. The van der Waals surface area contributed by atoms with Gasteiger partial charge in [-0.2, -0.15) is 0 Å². The van der Waals surface area contributed by atoms with Crippen LogP contribution in [0.15, 0.2) is 40.2 Å². The number of rotatable bonds is 5. The first-order chi connectivity index (χ1) is 14.4. The first kappa shape index (κ1) is 19.9. The van der Waals surface area contributed by atoms with Gasteiger partial charge in [0.05, 0.1) is 19.5 Å². The minimum absolute atomic E-state index is 0.0387. The summed E-state index contributed by atoms with van der Waals surface area (Å²) in [6.45, 7) is 1.05. The van der Waals surface area contributed by atoms with Crippen LogP contribution in [-0.4, -0.2) is 43.1 Å². The maximum absolute atomic E-state index is 13.0. The second-order valence-corrected chi connectivity index (χ2v) is 7.58. The molecule has 3 aromatic rings. The second kappa shape index (κ2) is 7.81. The molecule has 3 heterocycles. The maximum atomic E-state index is 13.0. The topological polar surface area (TPSA) is 91.4 Å². The van der Waals surface area contributed by atoms with Gasteiger partial charge in [0.2, 0.25) is 5.91 Å². The van der Waals surface area contributed by atoms with Gasteiger partial charge < -0.3 is 14.2 Å². The summed E-state index contributed by atoms with van der Waals surface area (Å²) in [5, 5.41) is 0. The molecule has 1 unspecified atom stereocenters. The lowest BCUT2D eigenvalue weighted by Crippen LogP contribution is -2.37. The van der Waals surface area contributed by atoms with Crippen molar-refractivity contribution in [3.63, 3.8) is 0 Å². The summed E-state index contributed by atoms with van der Waals surface area (Å²) in [5.74, 6) is 0.828. The van der Waals surface area contributed by atoms with E-state index in [-0.39, 0.29) is 18.4 Å². The molecule has 158 valence electrons. The Morgan fingerprint density at radius 2 is 1.90 bits per heavy atom. The first-order valence-electron chi connectivity index (χ1n) is 9.96. The highest BCUT2D eigenvalue weighted by atomic mass is 16.5. The van der Waals surface area contributed by atoms with E-state index in [2.05, 4.69) is 4.98 Å². The van der Waals surface area contributed by atoms with Crippen LogP contribution in [0.1, 0.15) is 30.9 Å². The molecule has 1 fully saturated rings. The number of amides is 1. The number of hydrogen-bond acceptors (Lipinski definition) is 5. The number of imidazole rings is 1. The highest BCUT2D eigenvalue weighted by molar-refractivity contribution is 5.77. The Morgan fingerprint density at radius 1 is 1.17 bits per heavy atom. The molecule has 4 rings (SSSR count). The summed E-state index contributed by atoms with van der Waals surface area (Å²) in [7, 11) is 4.65. The van der Waals surface area contributed by atoms with E-state index in [0.29, 0.717) is 17.7 Å². The SMILES string of the molecule is COc1ccc(C2CCCN2C(=O)CCn2cnc3c2c(=O)n(C)c(=O)n3C)cc1. The zero-order chi connectivity index (χ0) is 21.4. The number of aryl methyl sites for hydroxylation is 2. The van der Waals surface area contributed by atoms with Crippen molar-refractivity contribution >= 4 is 17.1 Å². The molecule has 0 N–H and O–H groups in total. The highest BCUT2D eigenvalue weighted by Crippen LogP contribution is 2.33. The Morgan fingerprint density at radius 3 is 2.60 bits per heavy atom. The van der Waals surface area contributed by atoms with Gasteiger partial charge in [-0.15, -0.1) is 0 Å². The number of likely N-dealkylation sites (tertiary alicyclic amines) is 1. The Kier molecular flexibility index (Phi) is 5.19. The molecule has 1 aliphatic rings. The predicted molar refractivity (Wildman–Crippen MR) is 112 cm³/mol. The molecule has 0 spiro atoms. The van der Waals surface area contributed by atoms with Crippen molar-refractivity contribution in [3.05, 3.63) is 57.0 Å².